The Morgan fingerprint density at radius 2 is 1.85 bits per heavy atom. The van der Waals surface area contributed by atoms with E-state index < -0.39 is 0 Å². The molecule has 1 aromatic heterocycles. The summed E-state index contributed by atoms with van der Waals surface area (Å²) < 4.78 is 16.1. The summed E-state index contributed by atoms with van der Waals surface area (Å²) >= 11 is 3.16. The number of nitrogens with one attached hydrogen (secondary N) is 1. The summed E-state index contributed by atoms with van der Waals surface area (Å²) in [5.74, 6) is 1.06. The van der Waals surface area contributed by atoms with Gasteiger partial charge in [0.15, 0.2) is 21.9 Å². The molecule has 0 bridgehead atoms. The van der Waals surface area contributed by atoms with Gasteiger partial charge in [-0.05, 0) is 46.6 Å². The monoisotopic (exact) mass is 339 g/mol. The predicted octanol–water partition coefficient (Wildman–Crippen LogP) is 3.62. The van der Waals surface area contributed by atoms with Crippen molar-refractivity contribution in [2.45, 2.75) is 6.92 Å². The number of carbonyl (C=O) groups is 1. The number of furan rings is 1. The molecule has 0 unspecified atom stereocenters. The Kier molecular flexibility index (Phi) is 4.34. The number of hydrogen-bond acceptors (Lipinski definition) is 4. The Hall–Kier alpha value is -1.95. The number of ether oxygens (including phenoxy) is 2. The van der Waals surface area contributed by atoms with Gasteiger partial charge in [0.25, 0.3) is 5.91 Å². The lowest BCUT2D eigenvalue weighted by Crippen LogP contribution is -2.12. The van der Waals surface area contributed by atoms with Crippen LogP contribution < -0.4 is 14.8 Å². The van der Waals surface area contributed by atoms with Crippen molar-refractivity contribution in [1.82, 2.24) is 0 Å². The molecule has 0 saturated heterocycles. The second kappa shape index (κ2) is 6.00. The average Bonchev–Trinajstić information content (AvgIpc) is 2.87. The van der Waals surface area contributed by atoms with Crippen molar-refractivity contribution in [3.05, 3.63) is 40.3 Å². The fourth-order valence-electron chi connectivity index (χ4n) is 1.74. The second-order valence-electron chi connectivity index (χ2n) is 4.08. The van der Waals surface area contributed by atoms with E-state index in [9.17, 15) is 4.79 Å². The van der Waals surface area contributed by atoms with Crippen LogP contribution in [0.1, 0.15) is 16.1 Å². The topological polar surface area (TPSA) is 60.7 Å². The number of carbonyl (C=O) groups excluding carboxylic acids is 1. The Bertz CT molecular complexity index is 636. The molecule has 2 rings (SSSR count). The first-order valence-corrected chi connectivity index (χ1v) is 6.63. The fourth-order valence-corrected chi connectivity index (χ4v) is 2.04. The van der Waals surface area contributed by atoms with Gasteiger partial charge in [-0.1, -0.05) is 0 Å². The summed E-state index contributed by atoms with van der Waals surface area (Å²) in [6.07, 6.45) is 0. The maximum Gasteiger partial charge on any atom is 0.291 e. The summed E-state index contributed by atoms with van der Waals surface area (Å²) in [5.41, 5.74) is 1.50. The number of anilines is 1. The van der Waals surface area contributed by atoms with Crippen molar-refractivity contribution in [2.75, 3.05) is 19.5 Å². The number of methoxy groups -OCH3 is 2. The Morgan fingerprint density at radius 3 is 2.40 bits per heavy atom. The maximum absolute atomic E-state index is 12.0. The van der Waals surface area contributed by atoms with Crippen LogP contribution in [0.15, 0.2) is 33.4 Å². The van der Waals surface area contributed by atoms with Crippen LogP contribution in [0.25, 0.3) is 0 Å². The number of amides is 1. The molecule has 106 valence electrons. The van der Waals surface area contributed by atoms with Gasteiger partial charge >= 0.3 is 0 Å². The first kappa shape index (κ1) is 14.5. The molecule has 5 nitrogen and oxygen atoms in total. The minimum absolute atomic E-state index is 0.228. The van der Waals surface area contributed by atoms with Gasteiger partial charge in [0, 0.05) is 11.8 Å². The SMILES string of the molecule is COc1cc(C)c(NC(=O)c2ccc(Br)o2)cc1OC. The zero-order valence-electron chi connectivity index (χ0n) is 11.3. The predicted molar refractivity (Wildman–Crippen MR) is 78.6 cm³/mol. The zero-order chi connectivity index (χ0) is 14.7. The van der Waals surface area contributed by atoms with Crippen molar-refractivity contribution in [3.8, 4) is 11.5 Å². The van der Waals surface area contributed by atoms with E-state index in [1.54, 1.807) is 38.5 Å². The van der Waals surface area contributed by atoms with E-state index in [0.717, 1.165) is 5.56 Å². The van der Waals surface area contributed by atoms with E-state index >= 15 is 0 Å². The van der Waals surface area contributed by atoms with E-state index in [1.165, 1.54) is 0 Å². The van der Waals surface area contributed by atoms with Crippen LogP contribution in [-0.2, 0) is 0 Å². The number of hydrogen-bond donors (Lipinski definition) is 1. The largest absolute Gasteiger partial charge is 0.493 e. The minimum atomic E-state index is -0.328. The Labute approximate surface area is 125 Å². The van der Waals surface area contributed by atoms with E-state index in [4.69, 9.17) is 13.9 Å². The molecule has 1 aromatic carbocycles. The quantitative estimate of drug-likeness (QED) is 0.924. The lowest BCUT2D eigenvalue weighted by atomic mass is 10.1. The van der Waals surface area contributed by atoms with Crippen molar-refractivity contribution in [1.29, 1.82) is 0 Å². The maximum atomic E-state index is 12.0. The van der Waals surface area contributed by atoms with Crippen molar-refractivity contribution in [2.24, 2.45) is 0 Å². The van der Waals surface area contributed by atoms with Crippen molar-refractivity contribution in [3.63, 3.8) is 0 Å². The number of aryl methyl sites for hydroxylation is 1. The van der Waals surface area contributed by atoms with E-state index in [2.05, 4.69) is 21.2 Å². The molecule has 0 aliphatic rings. The van der Waals surface area contributed by atoms with Gasteiger partial charge < -0.3 is 19.2 Å². The molecule has 0 atom stereocenters. The molecule has 1 heterocycles. The first-order chi connectivity index (χ1) is 9.55. The Balaban J connectivity index is 2.27. The summed E-state index contributed by atoms with van der Waals surface area (Å²) in [6.45, 7) is 1.87. The molecule has 0 fully saturated rings. The Morgan fingerprint density at radius 1 is 1.20 bits per heavy atom. The number of halogens is 1. The van der Waals surface area contributed by atoms with Crippen LogP contribution in [0.3, 0.4) is 0 Å². The smallest absolute Gasteiger partial charge is 0.291 e. The van der Waals surface area contributed by atoms with Gasteiger partial charge in [0.2, 0.25) is 0 Å². The van der Waals surface area contributed by atoms with Crippen LogP contribution in [0.5, 0.6) is 11.5 Å². The van der Waals surface area contributed by atoms with Crippen LogP contribution in [0, 0.1) is 6.92 Å². The molecule has 20 heavy (non-hydrogen) atoms. The lowest BCUT2D eigenvalue weighted by Gasteiger charge is -2.13. The zero-order valence-corrected chi connectivity index (χ0v) is 12.9. The summed E-state index contributed by atoms with van der Waals surface area (Å²) in [5, 5.41) is 2.78. The number of benzene rings is 1. The van der Waals surface area contributed by atoms with Gasteiger partial charge in [-0.3, -0.25) is 4.79 Å². The summed E-state index contributed by atoms with van der Waals surface area (Å²) in [6, 6.07) is 6.77. The van der Waals surface area contributed by atoms with E-state index in [1.807, 2.05) is 6.92 Å². The highest BCUT2D eigenvalue weighted by atomic mass is 79.9. The molecular formula is C14H14BrNO4. The van der Waals surface area contributed by atoms with Gasteiger partial charge in [0.1, 0.15) is 0 Å². The lowest BCUT2D eigenvalue weighted by molar-refractivity contribution is 0.0995. The van der Waals surface area contributed by atoms with Crippen molar-refractivity contribution >= 4 is 27.5 Å². The fraction of sp³-hybridized carbons (Fsp3) is 0.214. The summed E-state index contributed by atoms with van der Waals surface area (Å²) in [7, 11) is 3.11. The average molecular weight is 340 g/mol. The van der Waals surface area contributed by atoms with Gasteiger partial charge in [0.05, 0.1) is 14.2 Å². The van der Waals surface area contributed by atoms with E-state index in [0.29, 0.717) is 21.9 Å². The van der Waals surface area contributed by atoms with Crippen molar-refractivity contribution < 1.29 is 18.7 Å². The first-order valence-electron chi connectivity index (χ1n) is 5.84. The summed E-state index contributed by atoms with van der Waals surface area (Å²) in [4.78, 5) is 12.0. The third kappa shape index (κ3) is 2.96. The molecular weight excluding hydrogens is 326 g/mol. The molecule has 0 spiro atoms. The molecule has 1 amide bonds. The van der Waals surface area contributed by atoms with Crippen LogP contribution in [-0.4, -0.2) is 20.1 Å². The normalized spacial score (nSPS) is 10.2. The van der Waals surface area contributed by atoms with E-state index in [-0.39, 0.29) is 11.7 Å². The standard InChI is InChI=1S/C14H14BrNO4/c1-8-6-11(18-2)12(19-3)7-9(8)16-14(17)10-4-5-13(15)20-10/h4-7H,1-3H3,(H,16,17). The molecule has 0 aliphatic heterocycles. The van der Waals surface area contributed by atoms with Gasteiger partial charge in [-0.2, -0.15) is 0 Å². The van der Waals surface area contributed by atoms with Crippen LogP contribution in [0.2, 0.25) is 0 Å². The third-order valence-electron chi connectivity index (χ3n) is 2.78. The molecule has 6 heteroatoms. The highest BCUT2D eigenvalue weighted by Gasteiger charge is 2.14. The molecule has 2 aromatic rings. The van der Waals surface area contributed by atoms with Gasteiger partial charge in [-0.25, -0.2) is 0 Å². The third-order valence-corrected chi connectivity index (χ3v) is 3.20. The van der Waals surface area contributed by atoms with Crippen LogP contribution >= 0.6 is 15.9 Å². The number of rotatable bonds is 4. The second-order valence-corrected chi connectivity index (χ2v) is 4.86. The molecule has 1 N–H and O–H groups in total. The van der Waals surface area contributed by atoms with Gasteiger partial charge in [-0.15, -0.1) is 0 Å². The minimum Gasteiger partial charge on any atom is -0.493 e. The van der Waals surface area contributed by atoms with Crippen LogP contribution in [0.4, 0.5) is 5.69 Å². The molecule has 0 saturated carbocycles. The molecule has 0 aliphatic carbocycles. The highest BCUT2D eigenvalue weighted by molar-refractivity contribution is 9.10. The highest BCUT2D eigenvalue weighted by Crippen LogP contribution is 2.33. The molecule has 0 radical (unpaired) electrons.